The number of hydrogen-bond donors (Lipinski definition) is 1. The van der Waals surface area contributed by atoms with Gasteiger partial charge in [0.05, 0.1) is 22.7 Å². The van der Waals surface area contributed by atoms with Crippen molar-refractivity contribution in [3.05, 3.63) is 35.6 Å². The molecule has 1 saturated carbocycles. The van der Waals surface area contributed by atoms with E-state index in [2.05, 4.69) is 0 Å². The summed E-state index contributed by atoms with van der Waals surface area (Å²) in [6, 6.07) is 7.19. The molecule has 0 aliphatic heterocycles. The highest BCUT2D eigenvalue weighted by Crippen LogP contribution is 2.16. The Kier molecular flexibility index (Phi) is 6.99. The average Bonchev–Trinajstić information content (AvgIpc) is 2.52. The maximum absolute atomic E-state index is 13.0. The van der Waals surface area contributed by atoms with E-state index in [0.717, 1.165) is 25.1 Å². The van der Waals surface area contributed by atoms with Gasteiger partial charge in [-0.1, -0.05) is 18.6 Å². The van der Waals surface area contributed by atoms with Crippen molar-refractivity contribution in [2.75, 3.05) is 12.3 Å². The zero-order chi connectivity index (χ0) is 16.7. The van der Waals surface area contributed by atoms with Gasteiger partial charge in [-0.3, -0.25) is 0 Å². The Morgan fingerprint density at radius 3 is 2.35 bits per heavy atom. The lowest BCUT2D eigenvalue weighted by molar-refractivity contribution is -0.940. The minimum Gasteiger partial charge on any atom is -0.748 e. The molecule has 0 aromatic heterocycles. The van der Waals surface area contributed by atoms with Gasteiger partial charge in [-0.05, 0) is 50.7 Å². The van der Waals surface area contributed by atoms with Crippen LogP contribution in [0.15, 0.2) is 24.3 Å². The molecule has 1 aliphatic carbocycles. The van der Waals surface area contributed by atoms with E-state index < -0.39 is 10.1 Å². The molecule has 0 spiro atoms. The Morgan fingerprint density at radius 2 is 1.74 bits per heavy atom. The van der Waals surface area contributed by atoms with Crippen molar-refractivity contribution in [2.45, 2.75) is 57.5 Å². The van der Waals surface area contributed by atoms with Crippen molar-refractivity contribution < 1.29 is 22.3 Å². The molecule has 0 radical (unpaired) electrons. The van der Waals surface area contributed by atoms with Crippen molar-refractivity contribution in [3.63, 3.8) is 0 Å². The summed E-state index contributed by atoms with van der Waals surface area (Å²) in [4.78, 5) is 1.43. The van der Waals surface area contributed by atoms with E-state index in [4.69, 9.17) is 0 Å². The van der Waals surface area contributed by atoms with Gasteiger partial charge >= 0.3 is 0 Å². The summed E-state index contributed by atoms with van der Waals surface area (Å²) in [5.74, 6) is -0.504. The number of benzene rings is 1. The lowest BCUT2D eigenvalue weighted by Crippen LogP contribution is -3.14. The molecule has 1 aromatic rings. The SMILES string of the molecule is O=S(=O)([O-])CCCC[NH+](Cc1ccc(F)cc1)C1CCCCC1. The fourth-order valence-electron chi connectivity index (χ4n) is 3.44. The molecule has 1 unspecified atom stereocenters. The smallest absolute Gasteiger partial charge is 0.123 e. The van der Waals surface area contributed by atoms with Crippen LogP contribution in [0.4, 0.5) is 4.39 Å². The minimum absolute atomic E-state index is 0.228. The largest absolute Gasteiger partial charge is 0.748 e. The van der Waals surface area contributed by atoms with Gasteiger partial charge in [0, 0.05) is 11.3 Å². The quantitative estimate of drug-likeness (QED) is 0.579. The molecule has 23 heavy (non-hydrogen) atoms. The van der Waals surface area contributed by atoms with E-state index in [1.165, 1.54) is 49.1 Å². The van der Waals surface area contributed by atoms with Crippen molar-refractivity contribution in [2.24, 2.45) is 0 Å². The molecular formula is C17H26FNO3S. The Hall–Kier alpha value is -0.980. The second-order valence-electron chi connectivity index (χ2n) is 6.52. The van der Waals surface area contributed by atoms with Gasteiger partial charge in [0.15, 0.2) is 0 Å². The van der Waals surface area contributed by atoms with Crippen LogP contribution in [0.5, 0.6) is 0 Å². The van der Waals surface area contributed by atoms with Crippen LogP contribution in [0, 0.1) is 5.82 Å². The predicted octanol–water partition coefficient (Wildman–Crippen LogP) is 1.87. The minimum atomic E-state index is -4.11. The fraction of sp³-hybridized carbons (Fsp3) is 0.647. The molecule has 0 saturated heterocycles. The van der Waals surface area contributed by atoms with Crippen molar-refractivity contribution in [1.29, 1.82) is 0 Å². The van der Waals surface area contributed by atoms with Crippen LogP contribution in [0.3, 0.4) is 0 Å². The zero-order valence-electron chi connectivity index (χ0n) is 13.5. The van der Waals surface area contributed by atoms with Crippen LogP contribution >= 0.6 is 0 Å². The second-order valence-corrected chi connectivity index (χ2v) is 8.04. The molecule has 2 rings (SSSR count). The van der Waals surface area contributed by atoms with Crippen molar-refractivity contribution >= 4 is 10.1 Å². The Bertz CT molecular complexity index is 568. The molecular weight excluding hydrogens is 317 g/mol. The van der Waals surface area contributed by atoms with Gasteiger partial charge in [0.1, 0.15) is 12.4 Å². The molecule has 1 atom stereocenters. The topological polar surface area (TPSA) is 61.6 Å². The molecule has 1 aromatic carbocycles. The molecule has 0 amide bonds. The summed E-state index contributed by atoms with van der Waals surface area (Å²) in [5.41, 5.74) is 1.10. The van der Waals surface area contributed by atoms with Crippen LogP contribution in [-0.4, -0.2) is 31.3 Å². The maximum atomic E-state index is 13.0. The predicted molar refractivity (Wildman–Crippen MR) is 86.6 cm³/mol. The Labute approximate surface area is 138 Å². The molecule has 4 nitrogen and oxygen atoms in total. The van der Waals surface area contributed by atoms with Gasteiger partial charge < -0.3 is 9.45 Å². The third-order valence-corrected chi connectivity index (χ3v) is 5.46. The van der Waals surface area contributed by atoms with Crippen molar-refractivity contribution in [3.8, 4) is 0 Å². The summed E-state index contributed by atoms with van der Waals surface area (Å²) in [7, 11) is -4.11. The van der Waals surface area contributed by atoms with Crippen LogP contribution in [0.1, 0.15) is 50.5 Å². The van der Waals surface area contributed by atoms with E-state index in [9.17, 15) is 17.4 Å². The fourth-order valence-corrected chi connectivity index (χ4v) is 4.00. The van der Waals surface area contributed by atoms with Gasteiger partial charge in [0.25, 0.3) is 0 Å². The summed E-state index contributed by atoms with van der Waals surface area (Å²) < 4.78 is 45.2. The second kappa shape index (κ2) is 8.76. The highest BCUT2D eigenvalue weighted by atomic mass is 32.2. The number of nitrogens with one attached hydrogen (secondary N) is 1. The van der Waals surface area contributed by atoms with Crippen LogP contribution < -0.4 is 4.90 Å². The molecule has 0 bridgehead atoms. The van der Waals surface area contributed by atoms with E-state index in [0.29, 0.717) is 12.5 Å². The first-order valence-corrected chi connectivity index (χ1v) is 10.0. The first kappa shape index (κ1) is 18.4. The Morgan fingerprint density at radius 1 is 1.09 bits per heavy atom. The highest BCUT2D eigenvalue weighted by Gasteiger charge is 2.24. The highest BCUT2D eigenvalue weighted by molar-refractivity contribution is 7.85. The lowest BCUT2D eigenvalue weighted by atomic mass is 9.93. The number of halogens is 1. The summed E-state index contributed by atoms with van der Waals surface area (Å²) in [6.07, 6.45) is 7.31. The standard InChI is InChI=1S/C17H26FNO3S/c18-16-10-8-15(9-11-16)14-19(17-6-2-1-3-7-17)12-4-5-13-23(20,21)22/h8-11,17H,1-7,12-14H2,(H,20,21,22). The van der Waals surface area contributed by atoms with E-state index in [1.54, 1.807) is 0 Å². The summed E-state index contributed by atoms with van der Waals surface area (Å²) in [6.45, 7) is 1.69. The molecule has 130 valence electrons. The van der Waals surface area contributed by atoms with E-state index >= 15 is 0 Å². The normalized spacial score (nSPS) is 18.0. The number of rotatable bonds is 8. The molecule has 1 fully saturated rings. The van der Waals surface area contributed by atoms with Crippen molar-refractivity contribution in [1.82, 2.24) is 0 Å². The van der Waals surface area contributed by atoms with Gasteiger partial charge in [-0.2, -0.15) is 0 Å². The first-order valence-electron chi connectivity index (χ1n) is 8.46. The van der Waals surface area contributed by atoms with Gasteiger partial charge in [-0.25, -0.2) is 12.8 Å². The third-order valence-electron chi connectivity index (χ3n) is 4.67. The van der Waals surface area contributed by atoms with Crippen LogP contribution in [0.2, 0.25) is 0 Å². The van der Waals surface area contributed by atoms with Crippen LogP contribution in [0.25, 0.3) is 0 Å². The molecule has 1 aliphatic rings. The molecule has 0 heterocycles. The van der Waals surface area contributed by atoms with Gasteiger partial charge in [-0.15, -0.1) is 0 Å². The van der Waals surface area contributed by atoms with Crippen LogP contribution in [-0.2, 0) is 16.7 Å². The third kappa shape index (κ3) is 6.97. The monoisotopic (exact) mass is 343 g/mol. The average molecular weight is 343 g/mol. The first-order chi connectivity index (χ1) is 10.9. The van der Waals surface area contributed by atoms with Gasteiger partial charge in [0.2, 0.25) is 0 Å². The van der Waals surface area contributed by atoms with E-state index in [-0.39, 0.29) is 11.6 Å². The zero-order valence-corrected chi connectivity index (χ0v) is 14.3. The number of quaternary nitrogens is 1. The summed E-state index contributed by atoms with van der Waals surface area (Å²) >= 11 is 0. The summed E-state index contributed by atoms with van der Waals surface area (Å²) in [5, 5.41) is 0. The number of hydrogen-bond acceptors (Lipinski definition) is 3. The molecule has 1 N–H and O–H groups in total. The molecule has 6 heteroatoms. The Balaban J connectivity index is 1.92. The lowest BCUT2D eigenvalue weighted by Gasteiger charge is -2.31. The van der Waals surface area contributed by atoms with E-state index in [1.807, 2.05) is 12.1 Å². The maximum Gasteiger partial charge on any atom is 0.123 e. The number of unbranched alkanes of at least 4 members (excludes halogenated alkanes) is 1.